The molecule has 3 heterocycles. The molecule has 262 valence electrons. The Kier molecular flexibility index (Phi) is 10.3. The average molecular weight is 670 g/mol. The van der Waals surface area contributed by atoms with Crippen molar-refractivity contribution in [3.63, 3.8) is 0 Å². The normalized spacial score (nSPS) is 28.2. The SMILES string of the molecule is C=CCN(C(=O)[C@H]1[C@H]2C(=O)N([C@H](CO)c3ccccc3)C(C(=O)N(CC=C)C3CCCCC3)C23CC[C@]1(CC)O3)c1ccc(OCC)cc1. The van der Waals surface area contributed by atoms with Crippen molar-refractivity contribution in [2.24, 2.45) is 11.8 Å². The van der Waals surface area contributed by atoms with Crippen molar-refractivity contribution in [2.45, 2.75) is 94.5 Å². The van der Waals surface area contributed by atoms with E-state index in [1.54, 1.807) is 22.0 Å². The summed E-state index contributed by atoms with van der Waals surface area (Å²) in [6.45, 7) is 12.6. The van der Waals surface area contributed by atoms with Gasteiger partial charge in [0.05, 0.1) is 36.7 Å². The van der Waals surface area contributed by atoms with Crippen LogP contribution in [0.15, 0.2) is 79.9 Å². The standard InChI is InChI=1S/C40H51N3O6/c1-5-25-41(30-19-21-31(22-20-30)48-8-4)36(45)33-34-37(46)43(32(27-44)28-15-11-9-12-16-28)35(40(34)24-23-39(33,7-3)49-40)38(47)42(26-6-2)29-17-13-10-14-18-29/h5-6,9,11-12,15-16,19-22,29,32-35,44H,1-2,7-8,10,13-14,17-18,23-27H2,3-4H3/t32-,33-,34+,35?,39+,40?/m1/s1. The van der Waals surface area contributed by atoms with E-state index in [9.17, 15) is 9.90 Å². The number of likely N-dealkylation sites (tertiary alicyclic amines) is 1. The van der Waals surface area contributed by atoms with Crippen LogP contribution in [0.5, 0.6) is 5.75 Å². The van der Waals surface area contributed by atoms with Crippen LogP contribution in [0, 0.1) is 11.8 Å². The van der Waals surface area contributed by atoms with E-state index in [4.69, 9.17) is 9.47 Å². The summed E-state index contributed by atoms with van der Waals surface area (Å²) >= 11 is 0. The van der Waals surface area contributed by atoms with Gasteiger partial charge in [-0.2, -0.15) is 0 Å². The first-order valence-corrected chi connectivity index (χ1v) is 18.0. The summed E-state index contributed by atoms with van der Waals surface area (Å²) in [5.74, 6) is -1.76. The summed E-state index contributed by atoms with van der Waals surface area (Å²) in [6.07, 6.45) is 9.94. The Morgan fingerprint density at radius 1 is 1.00 bits per heavy atom. The number of ether oxygens (including phenoxy) is 2. The topological polar surface area (TPSA) is 99.6 Å². The summed E-state index contributed by atoms with van der Waals surface area (Å²) in [5, 5.41) is 10.9. The maximum Gasteiger partial charge on any atom is 0.248 e. The van der Waals surface area contributed by atoms with Gasteiger partial charge in [-0.1, -0.05) is 68.7 Å². The number of carbonyl (C=O) groups excluding carboxylic acids is 3. The minimum Gasteiger partial charge on any atom is -0.494 e. The van der Waals surface area contributed by atoms with E-state index in [0.717, 1.165) is 37.7 Å². The van der Waals surface area contributed by atoms with Crippen molar-refractivity contribution >= 4 is 23.4 Å². The van der Waals surface area contributed by atoms with Gasteiger partial charge in [-0.3, -0.25) is 14.4 Å². The van der Waals surface area contributed by atoms with Gasteiger partial charge < -0.3 is 29.3 Å². The van der Waals surface area contributed by atoms with Crippen LogP contribution in [-0.4, -0.2) is 82.2 Å². The molecule has 2 aromatic rings. The number of nitrogens with zero attached hydrogens (tertiary/aromatic N) is 3. The molecule has 3 amide bonds. The third-order valence-electron chi connectivity index (χ3n) is 11.5. The monoisotopic (exact) mass is 669 g/mol. The van der Waals surface area contributed by atoms with Gasteiger partial charge in [-0.05, 0) is 68.9 Å². The average Bonchev–Trinajstić information content (AvgIpc) is 3.74. The molecule has 4 fully saturated rings. The highest BCUT2D eigenvalue weighted by atomic mass is 16.5. The number of fused-ring (bicyclic) bond motifs is 1. The molecule has 9 heteroatoms. The Morgan fingerprint density at radius 2 is 1.69 bits per heavy atom. The van der Waals surface area contributed by atoms with Crippen LogP contribution < -0.4 is 9.64 Å². The number of aliphatic hydroxyl groups is 1. The maximum atomic E-state index is 15.2. The number of carbonyl (C=O) groups is 3. The second-order valence-corrected chi connectivity index (χ2v) is 13.9. The van der Waals surface area contributed by atoms with Crippen molar-refractivity contribution in [1.82, 2.24) is 9.80 Å². The largest absolute Gasteiger partial charge is 0.494 e. The zero-order valence-electron chi connectivity index (χ0n) is 29.0. The van der Waals surface area contributed by atoms with E-state index in [1.165, 1.54) is 0 Å². The van der Waals surface area contributed by atoms with Crippen LogP contribution in [0.4, 0.5) is 5.69 Å². The third kappa shape index (κ3) is 5.88. The second kappa shape index (κ2) is 14.5. The molecular formula is C40H51N3O6. The van der Waals surface area contributed by atoms with Crippen molar-refractivity contribution in [3.8, 4) is 5.75 Å². The summed E-state index contributed by atoms with van der Waals surface area (Å²) < 4.78 is 12.8. The first kappa shape index (κ1) is 34.9. The van der Waals surface area contributed by atoms with Crippen LogP contribution in [0.1, 0.15) is 76.8 Å². The molecule has 1 spiro atoms. The van der Waals surface area contributed by atoms with Crippen LogP contribution >= 0.6 is 0 Å². The van der Waals surface area contributed by atoms with Crippen molar-refractivity contribution in [1.29, 1.82) is 0 Å². The van der Waals surface area contributed by atoms with Crippen LogP contribution in [0.2, 0.25) is 0 Å². The van der Waals surface area contributed by atoms with Gasteiger partial charge in [0.25, 0.3) is 0 Å². The molecule has 1 aliphatic carbocycles. The van der Waals surface area contributed by atoms with Crippen molar-refractivity contribution in [3.05, 3.63) is 85.5 Å². The van der Waals surface area contributed by atoms with E-state index < -0.39 is 35.1 Å². The summed E-state index contributed by atoms with van der Waals surface area (Å²) in [4.78, 5) is 50.5. The Labute approximate surface area is 290 Å². The van der Waals surface area contributed by atoms with E-state index >= 15 is 9.59 Å². The number of rotatable bonds is 14. The zero-order chi connectivity index (χ0) is 34.8. The fraction of sp³-hybridized carbons (Fsp3) is 0.525. The Balaban J connectivity index is 1.47. The first-order chi connectivity index (χ1) is 23.8. The smallest absolute Gasteiger partial charge is 0.248 e. The number of hydrogen-bond donors (Lipinski definition) is 1. The molecule has 2 unspecified atom stereocenters. The number of benzene rings is 2. The minimum atomic E-state index is -1.22. The molecule has 6 rings (SSSR count). The van der Waals surface area contributed by atoms with Crippen molar-refractivity contribution in [2.75, 3.05) is 31.2 Å². The number of amides is 3. The first-order valence-electron chi connectivity index (χ1n) is 18.0. The highest BCUT2D eigenvalue weighted by Crippen LogP contribution is 2.65. The minimum absolute atomic E-state index is 0.0230. The molecule has 1 N–H and O–H groups in total. The van der Waals surface area contributed by atoms with Crippen molar-refractivity contribution < 1.29 is 29.0 Å². The van der Waals surface area contributed by atoms with Gasteiger partial charge in [0, 0.05) is 24.8 Å². The molecule has 0 radical (unpaired) electrons. The Bertz CT molecular complexity index is 1520. The molecule has 4 aliphatic rings. The third-order valence-corrected chi connectivity index (χ3v) is 11.5. The van der Waals surface area contributed by atoms with Gasteiger partial charge in [0.15, 0.2) is 0 Å². The summed E-state index contributed by atoms with van der Waals surface area (Å²) in [6, 6.07) is 14.9. The molecule has 3 aliphatic heterocycles. The highest BCUT2D eigenvalue weighted by molar-refractivity contribution is 6.03. The second-order valence-electron chi connectivity index (χ2n) is 13.9. The maximum absolute atomic E-state index is 15.2. The van der Waals surface area contributed by atoms with Gasteiger partial charge in [0.2, 0.25) is 17.7 Å². The van der Waals surface area contributed by atoms with Gasteiger partial charge in [-0.25, -0.2) is 0 Å². The molecule has 0 aromatic heterocycles. The van der Waals surface area contributed by atoms with E-state index in [1.807, 2.05) is 73.3 Å². The zero-order valence-corrected chi connectivity index (χ0v) is 29.0. The fourth-order valence-electron chi connectivity index (χ4n) is 9.29. The summed E-state index contributed by atoms with van der Waals surface area (Å²) in [5.41, 5.74) is -0.744. The predicted molar refractivity (Wildman–Crippen MR) is 189 cm³/mol. The van der Waals surface area contributed by atoms with Gasteiger partial charge in [-0.15, -0.1) is 13.2 Å². The van der Waals surface area contributed by atoms with E-state index in [2.05, 4.69) is 13.2 Å². The molecule has 2 aromatic carbocycles. The molecule has 6 atom stereocenters. The summed E-state index contributed by atoms with van der Waals surface area (Å²) in [7, 11) is 0. The lowest BCUT2D eigenvalue weighted by atomic mass is 9.64. The molecule has 9 nitrogen and oxygen atoms in total. The Hall–Kier alpha value is -3.95. The highest BCUT2D eigenvalue weighted by Gasteiger charge is 2.79. The van der Waals surface area contributed by atoms with E-state index in [-0.39, 0.29) is 36.9 Å². The lowest BCUT2D eigenvalue weighted by Gasteiger charge is -2.42. The van der Waals surface area contributed by atoms with Gasteiger partial charge >= 0.3 is 0 Å². The molecule has 3 saturated heterocycles. The van der Waals surface area contributed by atoms with E-state index in [0.29, 0.717) is 43.9 Å². The lowest BCUT2D eigenvalue weighted by Crippen LogP contribution is -2.59. The van der Waals surface area contributed by atoms with Gasteiger partial charge in [0.1, 0.15) is 17.4 Å². The molecule has 1 saturated carbocycles. The lowest BCUT2D eigenvalue weighted by molar-refractivity contribution is -0.158. The number of anilines is 1. The van der Waals surface area contributed by atoms with Crippen LogP contribution in [0.3, 0.4) is 0 Å². The number of hydrogen-bond acceptors (Lipinski definition) is 6. The molecule has 49 heavy (non-hydrogen) atoms. The Morgan fingerprint density at radius 3 is 2.31 bits per heavy atom. The quantitative estimate of drug-likeness (QED) is 0.254. The molecular weight excluding hydrogens is 618 g/mol. The molecule has 2 bridgehead atoms. The number of aliphatic hydroxyl groups excluding tert-OH is 1. The van der Waals surface area contributed by atoms with Crippen LogP contribution in [0.25, 0.3) is 0 Å². The van der Waals surface area contributed by atoms with Crippen LogP contribution in [-0.2, 0) is 19.1 Å². The predicted octanol–water partition coefficient (Wildman–Crippen LogP) is 5.84. The fourth-order valence-corrected chi connectivity index (χ4v) is 9.29.